The molecule has 0 saturated carbocycles. The van der Waals surface area contributed by atoms with Crippen molar-refractivity contribution in [3.8, 4) is 11.5 Å². The van der Waals surface area contributed by atoms with E-state index in [1.54, 1.807) is 14.2 Å². The minimum absolute atomic E-state index is 0.202. The predicted octanol–water partition coefficient (Wildman–Crippen LogP) is 11.9. The molecule has 4 aromatic carbocycles. The van der Waals surface area contributed by atoms with Gasteiger partial charge in [0.1, 0.15) is 18.5 Å². The number of aryl methyl sites for hydroxylation is 2. The molecule has 278 valence electrons. The Kier molecular flexibility index (Phi) is 9.78. The average Bonchev–Trinajstić information content (AvgIpc) is 3.65. The summed E-state index contributed by atoms with van der Waals surface area (Å²) < 4.78 is 13.5. The van der Waals surface area contributed by atoms with Crippen LogP contribution in [0.4, 0.5) is 34.1 Å². The van der Waals surface area contributed by atoms with Crippen molar-refractivity contribution in [1.82, 2.24) is 0 Å². The summed E-state index contributed by atoms with van der Waals surface area (Å²) >= 11 is 7.16. The summed E-state index contributed by atoms with van der Waals surface area (Å²) in [5.74, 6) is 1.64. The highest BCUT2D eigenvalue weighted by Crippen LogP contribution is 2.50. The van der Waals surface area contributed by atoms with Crippen LogP contribution < -0.4 is 25.0 Å². The van der Waals surface area contributed by atoms with Crippen molar-refractivity contribution in [3.63, 3.8) is 0 Å². The number of hydrogen-bond donors (Lipinski definition) is 2. The Morgan fingerprint density at radius 3 is 1.93 bits per heavy atom. The van der Waals surface area contributed by atoms with E-state index in [0.29, 0.717) is 0 Å². The molecule has 7 heteroatoms. The minimum Gasteiger partial charge on any atom is -0.495 e. The van der Waals surface area contributed by atoms with E-state index in [1.165, 1.54) is 56.2 Å². The first-order valence-corrected chi connectivity index (χ1v) is 19.1. The molecule has 0 aromatic heterocycles. The fourth-order valence-electron chi connectivity index (χ4n) is 8.72. The van der Waals surface area contributed by atoms with Crippen LogP contribution in [-0.2, 0) is 10.8 Å². The number of ether oxygens (including phenoxy) is 2. The van der Waals surface area contributed by atoms with Crippen LogP contribution in [-0.4, -0.2) is 38.6 Å². The number of likely N-dealkylation sites (N-methyl/N-ethyl adjacent to an activating group) is 1. The maximum atomic E-state index is 7.16. The highest BCUT2D eigenvalue weighted by atomic mass is 35.5. The Balaban J connectivity index is 1.13. The number of halogens is 1. The van der Waals surface area contributed by atoms with Gasteiger partial charge in [-0.05, 0) is 117 Å². The van der Waals surface area contributed by atoms with Gasteiger partial charge in [-0.15, -0.1) is 0 Å². The largest absolute Gasteiger partial charge is 0.495 e. The van der Waals surface area contributed by atoms with Crippen molar-refractivity contribution in [2.75, 3.05) is 43.8 Å². The molecule has 0 radical (unpaired) electrons. The standard InChI is InChI=1S/C47H52ClN4O2/c1-29-25-33(49-37-15-11-13-17-39(37)53-9)27-35-44(29)51(7)41(46(35,3)4)23-21-31-19-20-32(43(31)48)22-24-42-47(5,6)36-28-34(26-30(2)45(36)52(42)8)50-38-16-12-14-18-40(38)54-10/h11-18,21-28,49-50H,19-20H2,1-10H3/q+1. The molecule has 1 aliphatic carbocycles. The zero-order valence-electron chi connectivity index (χ0n) is 33.2. The Morgan fingerprint density at radius 1 is 0.741 bits per heavy atom. The second kappa shape index (κ2) is 14.2. The van der Waals surface area contributed by atoms with Crippen LogP contribution in [0.25, 0.3) is 0 Å². The molecule has 0 unspecified atom stereocenters. The molecule has 54 heavy (non-hydrogen) atoms. The SMILES string of the molecule is COc1ccccc1Nc1cc(C)c2c(c1)C(C)(C)C(/C=C/C1=C(Cl)C(=C/C=C3\N(C)c4c(C)cc(Nc5ccccc5OC)cc4C3(C)C)/CC1)=[N+]2C. The van der Waals surface area contributed by atoms with Gasteiger partial charge in [0, 0.05) is 57.5 Å². The fraction of sp³-hybridized carbons (Fsp3) is 0.298. The van der Waals surface area contributed by atoms with Crippen LogP contribution in [0.1, 0.15) is 62.8 Å². The summed E-state index contributed by atoms with van der Waals surface area (Å²) in [5, 5.41) is 8.05. The number of rotatable bonds is 9. The summed E-state index contributed by atoms with van der Waals surface area (Å²) in [6.07, 6.45) is 10.8. The van der Waals surface area contributed by atoms with Crippen LogP contribution >= 0.6 is 11.6 Å². The van der Waals surface area contributed by atoms with Gasteiger partial charge in [-0.25, -0.2) is 0 Å². The van der Waals surface area contributed by atoms with Crippen LogP contribution in [0, 0.1) is 13.8 Å². The lowest BCUT2D eigenvalue weighted by Crippen LogP contribution is -2.26. The zero-order chi connectivity index (χ0) is 38.5. The first-order chi connectivity index (χ1) is 25.8. The molecule has 2 heterocycles. The van der Waals surface area contributed by atoms with Crippen molar-refractivity contribution in [2.45, 2.75) is 65.2 Å². The van der Waals surface area contributed by atoms with Gasteiger partial charge in [0.25, 0.3) is 0 Å². The first kappa shape index (κ1) is 37.1. The molecule has 0 amide bonds. The van der Waals surface area contributed by atoms with Crippen molar-refractivity contribution >= 4 is 51.4 Å². The van der Waals surface area contributed by atoms with E-state index in [-0.39, 0.29) is 10.8 Å². The maximum absolute atomic E-state index is 7.16. The van der Waals surface area contributed by atoms with Gasteiger partial charge in [0.2, 0.25) is 5.69 Å². The van der Waals surface area contributed by atoms with E-state index in [4.69, 9.17) is 21.1 Å². The Labute approximate surface area is 326 Å². The van der Waals surface area contributed by atoms with Crippen molar-refractivity contribution in [2.24, 2.45) is 0 Å². The summed E-state index contributed by atoms with van der Waals surface area (Å²) in [6.45, 7) is 13.6. The number of benzene rings is 4. The fourth-order valence-corrected chi connectivity index (χ4v) is 9.03. The van der Waals surface area contributed by atoms with E-state index >= 15 is 0 Å². The second-order valence-corrected chi connectivity index (χ2v) is 16.1. The molecule has 0 bridgehead atoms. The van der Waals surface area contributed by atoms with Gasteiger partial charge < -0.3 is 25.0 Å². The normalized spacial score (nSPS) is 18.6. The van der Waals surface area contributed by atoms with Gasteiger partial charge in [-0.3, -0.25) is 0 Å². The number of methoxy groups -OCH3 is 2. The van der Waals surface area contributed by atoms with E-state index in [2.05, 4.69) is 124 Å². The molecule has 6 nitrogen and oxygen atoms in total. The summed E-state index contributed by atoms with van der Waals surface area (Å²) in [4.78, 5) is 2.34. The molecular weight excluding hydrogens is 688 g/mol. The Morgan fingerprint density at radius 2 is 1.31 bits per heavy atom. The third-order valence-electron chi connectivity index (χ3n) is 11.5. The molecule has 3 aliphatic rings. The number of fused-ring (bicyclic) bond motifs is 2. The van der Waals surface area contributed by atoms with Crippen LogP contribution in [0.2, 0.25) is 0 Å². The van der Waals surface area contributed by atoms with Gasteiger partial charge in [-0.2, -0.15) is 4.58 Å². The second-order valence-electron chi connectivity index (χ2n) is 15.7. The number of nitrogens with one attached hydrogen (secondary N) is 2. The lowest BCUT2D eigenvalue weighted by Gasteiger charge is -2.24. The van der Waals surface area contributed by atoms with Crippen LogP contribution in [0.15, 0.2) is 119 Å². The monoisotopic (exact) mass is 739 g/mol. The third kappa shape index (κ3) is 6.41. The zero-order valence-corrected chi connectivity index (χ0v) is 34.0. The number of anilines is 5. The maximum Gasteiger partial charge on any atom is 0.212 e. The molecule has 0 spiro atoms. The van der Waals surface area contributed by atoms with E-state index in [0.717, 1.165) is 52.1 Å². The number of allylic oxidation sites excluding steroid dienone is 8. The molecule has 2 N–H and O–H groups in total. The molecule has 7 rings (SSSR count). The smallest absolute Gasteiger partial charge is 0.212 e. The molecule has 2 aliphatic heterocycles. The Bertz CT molecular complexity index is 2320. The highest BCUT2D eigenvalue weighted by molar-refractivity contribution is 6.33. The van der Waals surface area contributed by atoms with Crippen molar-refractivity contribution in [3.05, 3.63) is 141 Å². The molecule has 4 aromatic rings. The summed E-state index contributed by atoms with van der Waals surface area (Å²) in [5.41, 5.74) is 16.0. The average molecular weight is 740 g/mol. The molecule has 0 saturated heterocycles. The third-order valence-corrected chi connectivity index (χ3v) is 12.0. The van der Waals surface area contributed by atoms with Crippen LogP contribution in [0.5, 0.6) is 11.5 Å². The molecular formula is C47H52ClN4O2+. The van der Waals surface area contributed by atoms with E-state index in [1.807, 2.05) is 48.5 Å². The Hall–Kier alpha value is -5.20. The minimum atomic E-state index is -0.202. The van der Waals surface area contributed by atoms with Crippen molar-refractivity contribution in [1.29, 1.82) is 0 Å². The lowest BCUT2D eigenvalue weighted by molar-refractivity contribution is -0.402. The lowest BCUT2D eigenvalue weighted by atomic mass is 9.80. The van der Waals surface area contributed by atoms with Gasteiger partial charge >= 0.3 is 0 Å². The van der Waals surface area contributed by atoms with Crippen molar-refractivity contribution < 1.29 is 14.0 Å². The van der Waals surface area contributed by atoms with Gasteiger partial charge in [0.15, 0.2) is 5.71 Å². The predicted molar refractivity (Wildman–Crippen MR) is 228 cm³/mol. The van der Waals surface area contributed by atoms with Gasteiger partial charge in [0.05, 0.1) is 31.0 Å². The van der Waals surface area contributed by atoms with E-state index in [9.17, 15) is 0 Å². The summed E-state index contributed by atoms with van der Waals surface area (Å²) in [6, 6.07) is 25.0. The molecule has 0 atom stereocenters. The quantitative estimate of drug-likeness (QED) is 0.167. The van der Waals surface area contributed by atoms with Gasteiger partial charge in [-0.1, -0.05) is 61.9 Å². The number of nitrogens with zero attached hydrogens (tertiary/aromatic N) is 2. The highest BCUT2D eigenvalue weighted by Gasteiger charge is 2.44. The van der Waals surface area contributed by atoms with Crippen LogP contribution in [0.3, 0.4) is 0 Å². The topological polar surface area (TPSA) is 48.8 Å². The number of para-hydroxylation sites is 4. The molecule has 0 fully saturated rings. The number of hydrogen-bond acceptors (Lipinski definition) is 5. The van der Waals surface area contributed by atoms with E-state index < -0.39 is 0 Å². The summed E-state index contributed by atoms with van der Waals surface area (Å²) in [7, 11) is 7.75. The first-order valence-electron chi connectivity index (χ1n) is 18.7.